The van der Waals surface area contributed by atoms with Gasteiger partial charge in [0.05, 0.1) is 40.2 Å². The number of urea groups is 1. The lowest BCUT2D eigenvalue weighted by molar-refractivity contribution is -0.181. The number of halogens is 5. The normalized spacial score (nSPS) is 21.7. The number of aliphatic hydroxyl groups is 1. The van der Waals surface area contributed by atoms with Crippen LogP contribution in [0.25, 0.3) is 5.65 Å². The summed E-state index contributed by atoms with van der Waals surface area (Å²) < 4.78 is 43.4. The molecule has 0 unspecified atom stereocenters. The first-order valence-electron chi connectivity index (χ1n) is 9.51. The van der Waals surface area contributed by atoms with E-state index < -0.39 is 29.8 Å². The quantitative estimate of drug-likeness (QED) is 0.563. The third-order valence-electron chi connectivity index (χ3n) is 5.85. The number of amides is 2. The number of nitrogens with zero attached hydrogens (tertiary/aromatic N) is 5. The lowest BCUT2D eigenvalue weighted by atomic mass is 9.88. The van der Waals surface area contributed by atoms with E-state index in [1.807, 2.05) is 0 Å². The van der Waals surface area contributed by atoms with Crippen LogP contribution >= 0.6 is 23.2 Å². The third-order valence-corrected chi connectivity index (χ3v) is 6.32. The van der Waals surface area contributed by atoms with Gasteiger partial charge in [0.15, 0.2) is 10.8 Å². The van der Waals surface area contributed by atoms with Gasteiger partial charge in [0.1, 0.15) is 11.0 Å². The second kappa shape index (κ2) is 6.69. The topological polar surface area (TPSA) is 95.7 Å². The van der Waals surface area contributed by atoms with E-state index in [9.17, 15) is 23.1 Å². The standard InChI is InChI=1S/C19H15Cl2F3N6O2/c1-17(19(22,23)24)8-29(11-7-25-13-5-12(21)28-30(13)15(11)17)16(31)27-9-4-10(20)14(26-6-9)18(32)2-3-18/h4-7,32H,2-3,8H2,1H3,(H,27,31)/t17-/m1/s1. The molecule has 0 aromatic carbocycles. The number of hydrogen-bond acceptors (Lipinski definition) is 5. The number of pyridine rings is 1. The first kappa shape index (κ1) is 21.2. The number of anilines is 2. The Balaban J connectivity index is 1.52. The van der Waals surface area contributed by atoms with Gasteiger partial charge in [-0.1, -0.05) is 23.2 Å². The average Bonchev–Trinajstić information content (AvgIpc) is 3.18. The SMILES string of the molecule is C[C@@]1(C(F)(F)F)CN(C(=O)Nc2cnc(C3(O)CC3)c(Cl)c2)c2cnc3cc(Cl)nn3c21. The molecule has 1 aliphatic carbocycles. The van der Waals surface area contributed by atoms with E-state index in [4.69, 9.17) is 23.2 Å². The molecule has 13 heteroatoms. The number of hydrogen-bond donors (Lipinski definition) is 2. The number of aromatic nitrogens is 4. The fraction of sp³-hybridized carbons (Fsp3) is 0.368. The molecule has 5 rings (SSSR count). The molecule has 168 valence electrons. The molecule has 2 aliphatic rings. The Morgan fingerprint density at radius 1 is 1.22 bits per heavy atom. The predicted molar refractivity (Wildman–Crippen MR) is 110 cm³/mol. The molecule has 32 heavy (non-hydrogen) atoms. The molecule has 2 N–H and O–H groups in total. The van der Waals surface area contributed by atoms with E-state index in [1.54, 1.807) is 0 Å². The third kappa shape index (κ3) is 3.10. The molecule has 0 bridgehead atoms. The Morgan fingerprint density at radius 3 is 2.56 bits per heavy atom. The van der Waals surface area contributed by atoms with Crippen LogP contribution in [0.5, 0.6) is 0 Å². The molecule has 1 atom stereocenters. The first-order chi connectivity index (χ1) is 14.9. The first-order valence-corrected chi connectivity index (χ1v) is 10.3. The van der Waals surface area contributed by atoms with Crippen molar-refractivity contribution in [3.63, 3.8) is 0 Å². The van der Waals surface area contributed by atoms with E-state index in [0.717, 1.165) is 16.3 Å². The van der Waals surface area contributed by atoms with Crippen molar-refractivity contribution >= 4 is 46.3 Å². The van der Waals surface area contributed by atoms with Crippen LogP contribution in [0.15, 0.2) is 24.5 Å². The number of carbonyl (C=O) groups excluding carboxylic acids is 1. The zero-order chi connectivity index (χ0) is 23.1. The molecule has 1 saturated carbocycles. The second-order valence-electron chi connectivity index (χ2n) is 8.16. The molecular formula is C19H15Cl2F3N6O2. The van der Waals surface area contributed by atoms with Crippen LogP contribution in [0, 0.1) is 0 Å². The maximum atomic E-state index is 14.1. The maximum Gasteiger partial charge on any atom is 0.401 e. The fourth-order valence-electron chi connectivity index (χ4n) is 3.89. The summed E-state index contributed by atoms with van der Waals surface area (Å²) in [5.41, 5.74) is -3.15. The van der Waals surface area contributed by atoms with E-state index in [2.05, 4.69) is 20.4 Å². The van der Waals surface area contributed by atoms with Crippen LogP contribution in [0.1, 0.15) is 31.2 Å². The number of fused-ring (bicyclic) bond motifs is 3. The van der Waals surface area contributed by atoms with Crippen molar-refractivity contribution in [1.29, 1.82) is 0 Å². The summed E-state index contributed by atoms with van der Waals surface area (Å²) in [6.45, 7) is 0.312. The number of rotatable bonds is 2. The summed E-state index contributed by atoms with van der Waals surface area (Å²) in [7, 11) is 0. The maximum absolute atomic E-state index is 14.1. The molecule has 4 heterocycles. The molecule has 0 radical (unpaired) electrons. The summed E-state index contributed by atoms with van der Waals surface area (Å²) >= 11 is 12.1. The highest BCUT2D eigenvalue weighted by Crippen LogP contribution is 2.50. The van der Waals surface area contributed by atoms with Gasteiger partial charge in [-0.2, -0.15) is 18.3 Å². The molecule has 0 spiro atoms. The van der Waals surface area contributed by atoms with Gasteiger partial charge in [-0.15, -0.1) is 0 Å². The monoisotopic (exact) mass is 486 g/mol. The summed E-state index contributed by atoms with van der Waals surface area (Å²) in [6.07, 6.45) is -1.13. The van der Waals surface area contributed by atoms with Crippen molar-refractivity contribution in [3.05, 3.63) is 46.1 Å². The minimum Gasteiger partial charge on any atom is -0.383 e. The molecule has 3 aromatic rings. The van der Waals surface area contributed by atoms with E-state index in [-0.39, 0.29) is 32.9 Å². The fourth-order valence-corrected chi connectivity index (χ4v) is 4.40. The highest BCUT2D eigenvalue weighted by Gasteiger charge is 2.60. The second-order valence-corrected chi connectivity index (χ2v) is 8.96. The Bertz CT molecular complexity index is 1280. The van der Waals surface area contributed by atoms with Crippen molar-refractivity contribution in [2.24, 2.45) is 0 Å². The van der Waals surface area contributed by atoms with Crippen molar-refractivity contribution in [3.8, 4) is 0 Å². The lowest BCUT2D eigenvalue weighted by Gasteiger charge is -2.28. The van der Waals surface area contributed by atoms with Gasteiger partial charge < -0.3 is 10.4 Å². The molecule has 8 nitrogen and oxygen atoms in total. The van der Waals surface area contributed by atoms with E-state index >= 15 is 0 Å². The highest BCUT2D eigenvalue weighted by molar-refractivity contribution is 6.31. The minimum absolute atomic E-state index is 0.0172. The summed E-state index contributed by atoms with van der Waals surface area (Å²) in [4.78, 5) is 22.1. The minimum atomic E-state index is -4.68. The van der Waals surface area contributed by atoms with Crippen molar-refractivity contribution < 1.29 is 23.1 Å². The number of carbonyl (C=O) groups is 1. The van der Waals surface area contributed by atoms with Crippen LogP contribution in [-0.2, 0) is 11.0 Å². The summed E-state index contributed by atoms with van der Waals surface area (Å²) in [6, 6.07) is 1.91. The van der Waals surface area contributed by atoms with Crippen molar-refractivity contribution in [2.75, 3.05) is 16.8 Å². The van der Waals surface area contributed by atoms with Crippen molar-refractivity contribution in [1.82, 2.24) is 19.6 Å². The van der Waals surface area contributed by atoms with Crippen molar-refractivity contribution in [2.45, 2.75) is 37.0 Å². The Hall–Kier alpha value is -2.63. The van der Waals surface area contributed by atoms with Crippen LogP contribution in [0.4, 0.5) is 29.3 Å². The predicted octanol–water partition coefficient (Wildman–Crippen LogP) is 4.28. The van der Waals surface area contributed by atoms with Crippen LogP contribution in [-0.4, -0.2) is 43.4 Å². The van der Waals surface area contributed by atoms with Crippen LogP contribution in [0.3, 0.4) is 0 Å². The lowest BCUT2D eigenvalue weighted by Crippen LogP contribution is -2.46. The Kier molecular flexibility index (Phi) is 4.44. The van der Waals surface area contributed by atoms with Gasteiger partial charge >= 0.3 is 12.2 Å². The molecule has 2 amide bonds. The number of nitrogens with one attached hydrogen (secondary N) is 1. The highest BCUT2D eigenvalue weighted by atomic mass is 35.5. The van der Waals surface area contributed by atoms with Gasteiger partial charge in [0.2, 0.25) is 0 Å². The Morgan fingerprint density at radius 2 is 1.94 bits per heavy atom. The molecule has 1 fully saturated rings. The Labute approximate surface area is 189 Å². The molecular weight excluding hydrogens is 472 g/mol. The average molecular weight is 487 g/mol. The molecule has 3 aromatic heterocycles. The largest absolute Gasteiger partial charge is 0.401 e. The van der Waals surface area contributed by atoms with E-state index in [0.29, 0.717) is 18.5 Å². The van der Waals surface area contributed by atoms with Gasteiger partial charge in [-0.3, -0.25) is 9.88 Å². The molecule has 1 aliphatic heterocycles. The summed E-state index contributed by atoms with van der Waals surface area (Å²) in [5.74, 6) is 0. The van der Waals surface area contributed by atoms with Gasteiger partial charge in [-0.05, 0) is 25.8 Å². The smallest absolute Gasteiger partial charge is 0.383 e. The van der Waals surface area contributed by atoms with Crippen LogP contribution < -0.4 is 10.2 Å². The number of alkyl halides is 3. The van der Waals surface area contributed by atoms with Gasteiger partial charge in [-0.25, -0.2) is 14.3 Å². The summed E-state index contributed by atoms with van der Waals surface area (Å²) in [5, 5.41) is 16.8. The molecule has 0 saturated heterocycles. The van der Waals surface area contributed by atoms with Gasteiger partial charge in [0.25, 0.3) is 0 Å². The van der Waals surface area contributed by atoms with E-state index in [1.165, 1.54) is 24.5 Å². The van der Waals surface area contributed by atoms with Gasteiger partial charge in [0, 0.05) is 12.6 Å². The zero-order valence-electron chi connectivity index (χ0n) is 16.4. The van der Waals surface area contributed by atoms with Crippen LogP contribution in [0.2, 0.25) is 10.2 Å². The zero-order valence-corrected chi connectivity index (χ0v) is 17.9.